The van der Waals surface area contributed by atoms with Gasteiger partial charge >= 0.3 is 37.7 Å². The standard InChI is InChI=1S/2C27H56O4S.Ca/c2*1-3-5-7-9-11-12-13-14-15-16-17-18-19-21-23-25-27(26-31-32(28,29)30)24-22-20-10-8-6-4-2;/h2*27H,3-26H2,1-2H3,(H,28,29,30);/q;;+2/p-2. The molecular formula is C54H110CaO8S2. The first-order chi connectivity index (χ1) is 31.0. The smallest absolute Gasteiger partial charge is 0.726 e. The quantitative estimate of drug-likeness (QED) is 0.0255. The second-order valence-corrected chi connectivity index (χ2v) is 21.8. The summed E-state index contributed by atoms with van der Waals surface area (Å²) >= 11 is 0. The first kappa shape index (κ1) is 70.3. The van der Waals surface area contributed by atoms with Crippen molar-refractivity contribution in [3.8, 4) is 0 Å². The molecule has 2 atom stereocenters. The first-order valence-electron chi connectivity index (χ1n) is 28.2. The van der Waals surface area contributed by atoms with Crippen molar-refractivity contribution in [1.82, 2.24) is 0 Å². The van der Waals surface area contributed by atoms with E-state index in [9.17, 15) is 25.9 Å². The number of unbranched alkanes of at least 4 members (excludes halogenated alkanes) is 38. The van der Waals surface area contributed by atoms with Crippen LogP contribution in [-0.4, -0.2) is 76.9 Å². The Morgan fingerprint density at radius 3 is 0.554 bits per heavy atom. The van der Waals surface area contributed by atoms with Crippen LogP contribution in [-0.2, 0) is 29.2 Å². The molecule has 0 spiro atoms. The Kier molecular flexibility index (Phi) is 60.4. The van der Waals surface area contributed by atoms with E-state index < -0.39 is 20.8 Å². The second kappa shape index (κ2) is 55.9. The molecule has 0 N–H and O–H groups in total. The summed E-state index contributed by atoms with van der Waals surface area (Å²) in [4.78, 5) is 0. The van der Waals surface area contributed by atoms with Crippen LogP contribution in [0.15, 0.2) is 0 Å². The Labute approximate surface area is 437 Å². The van der Waals surface area contributed by atoms with Crippen LogP contribution < -0.4 is 0 Å². The molecular weight excluding hydrogens is 881 g/mol. The molecule has 0 aromatic heterocycles. The molecule has 0 aliphatic carbocycles. The largest absolute Gasteiger partial charge is 2.00 e. The fraction of sp³-hybridized carbons (Fsp3) is 1.00. The van der Waals surface area contributed by atoms with E-state index in [0.29, 0.717) is 0 Å². The van der Waals surface area contributed by atoms with Crippen molar-refractivity contribution in [3.63, 3.8) is 0 Å². The minimum Gasteiger partial charge on any atom is -0.726 e. The minimum absolute atomic E-state index is 0. The molecule has 388 valence electrons. The van der Waals surface area contributed by atoms with Crippen LogP contribution in [0, 0.1) is 11.8 Å². The normalized spacial score (nSPS) is 12.8. The van der Waals surface area contributed by atoms with Crippen LogP contribution in [0.1, 0.15) is 323 Å². The van der Waals surface area contributed by atoms with E-state index in [1.165, 1.54) is 244 Å². The van der Waals surface area contributed by atoms with Gasteiger partial charge in [0.25, 0.3) is 0 Å². The molecule has 0 rings (SSSR count). The van der Waals surface area contributed by atoms with Gasteiger partial charge in [-0.25, -0.2) is 16.8 Å². The van der Waals surface area contributed by atoms with Crippen molar-refractivity contribution in [2.75, 3.05) is 13.2 Å². The Morgan fingerprint density at radius 2 is 0.415 bits per heavy atom. The molecule has 0 aromatic carbocycles. The zero-order valence-corrected chi connectivity index (χ0v) is 47.7. The number of rotatable bonds is 52. The Morgan fingerprint density at radius 1 is 0.277 bits per heavy atom. The summed E-state index contributed by atoms with van der Waals surface area (Å²) in [7, 11) is -9.14. The monoisotopic (exact) mass is 991 g/mol. The van der Waals surface area contributed by atoms with Crippen molar-refractivity contribution in [2.45, 2.75) is 323 Å². The molecule has 0 bridgehead atoms. The van der Waals surface area contributed by atoms with Crippen LogP contribution in [0.3, 0.4) is 0 Å². The first-order valence-corrected chi connectivity index (χ1v) is 30.9. The Bertz CT molecular complexity index is 1020. The molecule has 0 aliphatic heterocycles. The fourth-order valence-corrected chi connectivity index (χ4v) is 9.73. The molecule has 11 heteroatoms. The molecule has 0 heterocycles. The van der Waals surface area contributed by atoms with Gasteiger partial charge in [0.15, 0.2) is 0 Å². The molecule has 0 aliphatic rings. The van der Waals surface area contributed by atoms with Gasteiger partial charge in [-0.1, -0.05) is 297 Å². The maximum absolute atomic E-state index is 10.8. The summed E-state index contributed by atoms with van der Waals surface area (Å²) in [5, 5.41) is 0. The molecule has 8 nitrogen and oxygen atoms in total. The van der Waals surface area contributed by atoms with Crippen molar-refractivity contribution >= 4 is 58.5 Å². The maximum Gasteiger partial charge on any atom is 2.00 e. The third-order valence-electron chi connectivity index (χ3n) is 13.3. The Hall–Kier alpha value is 1.000. The average molecular weight is 992 g/mol. The third kappa shape index (κ3) is 65.0. The van der Waals surface area contributed by atoms with Crippen LogP contribution in [0.5, 0.6) is 0 Å². The third-order valence-corrected chi connectivity index (χ3v) is 14.1. The van der Waals surface area contributed by atoms with Crippen LogP contribution >= 0.6 is 0 Å². The van der Waals surface area contributed by atoms with E-state index in [0.717, 1.165) is 51.4 Å². The fourth-order valence-electron chi connectivity index (χ4n) is 9.02. The number of hydrogen-bond donors (Lipinski definition) is 0. The van der Waals surface area contributed by atoms with Gasteiger partial charge in [0, 0.05) is 0 Å². The molecule has 65 heavy (non-hydrogen) atoms. The van der Waals surface area contributed by atoms with Gasteiger partial charge in [0.1, 0.15) is 0 Å². The van der Waals surface area contributed by atoms with Gasteiger partial charge in [0.2, 0.25) is 20.8 Å². The van der Waals surface area contributed by atoms with Crippen LogP contribution in [0.2, 0.25) is 0 Å². The van der Waals surface area contributed by atoms with E-state index >= 15 is 0 Å². The maximum atomic E-state index is 10.8. The molecule has 2 unspecified atom stereocenters. The summed E-state index contributed by atoms with van der Waals surface area (Å²) in [5.74, 6) is 0.402. The van der Waals surface area contributed by atoms with Crippen molar-refractivity contribution < 1.29 is 34.3 Å². The zero-order valence-electron chi connectivity index (χ0n) is 43.9. The summed E-state index contributed by atoms with van der Waals surface area (Å²) < 4.78 is 74.1. The SMILES string of the molecule is CCCCCCCCCCCCCCCCCC(CCCCCCCC)COS(=O)(=O)[O-].CCCCCCCCCCCCCCCCCC(CCCCCCCC)COS(=O)(=O)[O-].[Ca+2]. The van der Waals surface area contributed by atoms with Gasteiger partial charge in [-0.3, -0.25) is 8.37 Å². The van der Waals surface area contributed by atoms with Crippen LogP contribution in [0.25, 0.3) is 0 Å². The topological polar surface area (TPSA) is 133 Å². The van der Waals surface area contributed by atoms with Gasteiger partial charge in [-0.2, -0.15) is 0 Å². The van der Waals surface area contributed by atoms with Gasteiger partial charge in [0.05, 0.1) is 13.2 Å². The van der Waals surface area contributed by atoms with E-state index in [-0.39, 0.29) is 62.8 Å². The predicted molar refractivity (Wildman–Crippen MR) is 279 cm³/mol. The second-order valence-electron chi connectivity index (χ2n) is 19.7. The molecule has 0 saturated heterocycles. The van der Waals surface area contributed by atoms with Crippen molar-refractivity contribution in [1.29, 1.82) is 0 Å². The van der Waals surface area contributed by atoms with Gasteiger partial charge in [-0.15, -0.1) is 0 Å². The summed E-state index contributed by atoms with van der Waals surface area (Å²) in [6.07, 6.45) is 59.1. The van der Waals surface area contributed by atoms with Gasteiger partial charge < -0.3 is 9.11 Å². The van der Waals surface area contributed by atoms with E-state index in [2.05, 4.69) is 36.1 Å². The summed E-state index contributed by atoms with van der Waals surface area (Å²) in [5.41, 5.74) is 0. The van der Waals surface area contributed by atoms with Crippen LogP contribution in [0.4, 0.5) is 0 Å². The zero-order chi connectivity index (χ0) is 47.5. The van der Waals surface area contributed by atoms with E-state index in [1.807, 2.05) is 0 Å². The molecule has 0 saturated carbocycles. The molecule has 0 aromatic rings. The summed E-state index contributed by atoms with van der Waals surface area (Å²) in [6.45, 7) is 9.12. The van der Waals surface area contributed by atoms with Crippen molar-refractivity contribution in [2.24, 2.45) is 11.8 Å². The average Bonchev–Trinajstić information content (AvgIpc) is 3.26. The predicted octanol–water partition coefficient (Wildman–Crippen LogP) is 17.8. The molecule has 0 fully saturated rings. The van der Waals surface area contributed by atoms with Crippen molar-refractivity contribution in [3.05, 3.63) is 0 Å². The Balaban J connectivity index is -0.00000116. The minimum atomic E-state index is -4.57. The molecule has 0 amide bonds. The number of hydrogen-bond acceptors (Lipinski definition) is 8. The molecule has 0 radical (unpaired) electrons. The van der Waals surface area contributed by atoms with E-state index in [4.69, 9.17) is 0 Å². The summed E-state index contributed by atoms with van der Waals surface area (Å²) in [6, 6.07) is 0. The van der Waals surface area contributed by atoms with Gasteiger partial charge in [-0.05, 0) is 37.5 Å². The van der Waals surface area contributed by atoms with E-state index in [1.54, 1.807) is 0 Å².